The number of esters is 1. The van der Waals surface area contributed by atoms with Crippen molar-refractivity contribution in [2.24, 2.45) is 5.73 Å². The van der Waals surface area contributed by atoms with Crippen LogP contribution < -0.4 is 21.1 Å². The summed E-state index contributed by atoms with van der Waals surface area (Å²) in [6.07, 6.45) is -1.46. The van der Waals surface area contributed by atoms with Crippen molar-refractivity contribution in [2.75, 3.05) is 18.9 Å². The maximum Gasteiger partial charge on any atom is 0.486 e. The van der Waals surface area contributed by atoms with Crippen LogP contribution in [0.2, 0.25) is 0 Å². The summed E-state index contributed by atoms with van der Waals surface area (Å²) in [6, 6.07) is 12.1. The van der Waals surface area contributed by atoms with Gasteiger partial charge in [-0.2, -0.15) is 10.4 Å². The van der Waals surface area contributed by atoms with E-state index in [1.54, 1.807) is 57.2 Å². The fraction of sp³-hybridized carbons (Fsp3) is 0.360. The summed E-state index contributed by atoms with van der Waals surface area (Å²) in [5, 5.41) is 27.9. The second-order valence-electron chi connectivity index (χ2n) is 9.09. The number of aliphatic hydroxyl groups excluding tert-OH is 1. The Labute approximate surface area is 230 Å². The number of nitrogens with two attached hydrogens (primary N) is 2. The SMILES string of the molecule is CCOC(=O)C(NP(=O)(OC[C@H]1O[C@@](C#N)(c2ccc3c(N)ncnn23)[C@H](O)[C@@H]1N)Oc1ccccc1)=C(C)C. The van der Waals surface area contributed by atoms with Gasteiger partial charge in [-0.05, 0) is 50.6 Å². The molecule has 212 valence electrons. The molecule has 14 nitrogen and oxygen atoms in total. The van der Waals surface area contributed by atoms with E-state index in [1.165, 1.54) is 16.9 Å². The molecule has 3 heterocycles. The summed E-state index contributed by atoms with van der Waals surface area (Å²) < 4.78 is 37.8. The average molecular weight is 572 g/mol. The second kappa shape index (κ2) is 11.6. The molecule has 0 amide bonds. The number of fused-ring (bicyclic) bond motifs is 1. The van der Waals surface area contributed by atoms with Gasteiger partial charge in [-0.15, -0.1) is 0 Å². The normalized spacial score (nSPS) is 23.6. The van der Waals surface area contributed by atoms with E-state index in [1.807, 2.05) is 6.07 Å². The Balaban J connectivity index is 1.63. The van der Waals surface area contributed by atoms with Gasteiger partial charge in [0.15, 0.2) is 5.82 Å². The molecule has 0 spiro atoms. The minimum atomic E-state index is -4.33. The zero-order valence-electron chi connectivity index (χ0n) is 22.1. The lowest BCUT2D eigenvalue weighted by molar-refractivity contribution is -0.138. The molecule has 15 heteroatoms. The summed E-state index contributed by atoms with van der Waals surface area (Å²) in [7, 11) is -4.33. The largest absolute Gasteiger partial charge is 0.486 e. The van der Waals surface area contributed by atoms with Crippen LogP contribution in [0.4, 0.5) is 5.82 Å². The van der Waals surface area contributed by atoms with E-state index < -0.39 is 44.2 Å². The molecule has 3 aromatic rings. The number of ether oxygens (including phenoxy) is 2. The number of hydrogen-bond donors (Lipinski definition) is 4. The minimum absolute atomic E-state index is 0.0892. The van der Waals surface area contributed by atoms with E-state index >= 15 is 0 Å². The fourth-order valence-electron chi connectivity index (χ4n) is 4.18. The fourth-order valence-corrected chi connectivity index (χ4v) is 5.67. The first kappa shape index (κ1) is 29.0. The molecule has 1 saturated heterocycles. The third-order valence-electron chi connectivity index (χ3n) is 6.18. The molecule has 2 aromatic heterocycles. The third-order valence-corrected chi connectivity index (χ3v) is 7.62. The van der Waals surface area contributed by atoms with Gasteiger partial charge < -0.3 is 30.6 Å². The lowest BCUT2D eigenvalue weighted by Gasteiger charge is -2.25. The van der Waals surface area contributed by atoms with Crippen molar-refractivity contribution in [3.8, 4) is 11.8 Å². The van der Waals surface area contributed by atoms with Gasteiger partial charge in [-0.3, -0.25) is 9.61 Å². The van der Waals surface area contributed by atoms with Gasteiger partial charge >= 0.3 is 13.7 Å². The molecule has 5 atom stereocenters. The van der Waals surface area contributed by atoms with Crippen LogP contribution >= 0.6 is 7.75 Å². The van der Waals surface area contributed by atoms with Crippen LogP contribution in [0.15, 0.2) is 60.1 Å². The number of carbonyl (C=O) groups is 1. The number of allylic oxidation sites excluding steroid dienone is 1. The first-order valence-corrected chi connectivity index (χ1v) is 13.8. The van der Waals surface area contributed by atoms with Gasteiger partial charge in [0.2, 0.25) is 5.60 Å². The van der Waals surface area contributed by atoms with Crippen molar-refractivity contribution < 1.29 is 33.0 Å². The van der Waals surface area contributed by atoms with Crippen LogP contribution in [0.1, 0.15) is 26.5 Å². The molecule has 1 unspecified atom stereocenters. The molecule has 40 heavy (non-hydrogen) atoms. The molecular weight excluding hydrogens is 541 g/mol. The average Bonchev–Trinajstić information content (AvgIpc) is 3.47. The van der Waals surface area contributed by atoms with E-state index in [2.05, 4.69) is 15.2 Å². The van der Waals surface area contributed by atoms with Gasteiger partial charge in [-0.1, -0.05) is 18.2 Å². The number of nitrogens with one attached hydrogen (secondary N) is 1. The van der Waals surface area contributed by atoms with Crippen molar-refractivity contribution >= 4 is 25.1 Å². The van der Waals surface area contributed by atoms with E-state index in [0.29, 0.717) is 11.1 Å². The number of carbonyl (C=O) groups excluding carboxylic acids is 1. The molecule has 1 aliphatic heterocycles. The molecule has 0 bridgehead atoms. The lowest BCUT2D eigenvalue weighted by Crippen LogP contribution is -2.45. The highest BCUT2D eigenvalue weighted by molar-refractivity contribution is 7.52. The van der Waals surface area contributed by atoms with E-state index in [9.17, 15) is 19.7 Å². The van der Waals surface area contributed by atoms with Crippen molar-refractivity contribution in [3.63, 3.8) is 0 Å². The molecule has 1 aliphatic rings. The number of aliphatic hydroxyl groups is 1. The highest BCUT2D eigenvalue weighted by Gasteiger charge is 2.57. The zero-order chi connectivity index (χ0) is 29.1. The van der Waals surface area contributed by atoms with Crippen molar-refractivity contribution in [1.29, 1.82) is 5.26 Å². The predicted molar refractivity (Wildman–Crippen MR) is 142 cm³/mol. The van der Waals surface area contributed by atoms with Gasteiger partial charge in [0.1, 0.15) is 41.6 Å². The number of para-hydroxylation sites is 1. The number of anilines is 1. The third kappa shape index (κ3) is 5.51. The molecule has 1 aromatic carbocycles. The van der Waals surface area contributed by atoms with Gasteiger partial charge in [-0.25, -0.2) is 18.9 Å². The number of rotatable bonds is 10. The van der Waals surface area contributed by atoms with Gasteiger partial charge in [0.25, 0.3) is 0 Å². The summed E-state index contributed by atoms with van der Waals surface area (Å²) in [5.74, 6) is -0.403. The monoisotopic (exact) mass is 571 g/mol. The predicted octanol–water partition coefficient (Wildman–Crippen LogP) is 1.77. The standard InChI is InChI=1S/C25H30N7O7P/c1-4-36-24(34)21(15(2)3)31-40(35,39-16-8-6-5-7-9-16)37-12-18-20(27)22(33)25(13-26,38-18)19-11-10-17-23(28)29-14-30-32(17)19/h5-11,14,18,20,22,33H,4,12,27H2,1-3H3,(H,31,35)(H2,28,29,30)/t18-,20-,22-,25+,40?/m1/s1. The highest BCUT2D eigenvalue weighted by atomic mass is 31.2. The number of benzene rings is 1. The van der Waals surface area contributed by atoms with Gasteiger partial charge in [0, 0.05) is 0 Å². The highest BCUT2D eigenvalue weighted by Crippen LogP contribution is 2.47. The summed E-state index contributed by atoms with van der Waals surface area (Å²) in [4.78, 5) is 16.5. The molecule has 0 saturated carbocycles. The number of hydrogen-bond acceptors (Lipinski definition) is 12. The van der Waals surface area contributed by atoms with Crippen LogP contribution in [0.5, 0.6) is 5.75 Å². The number of aromatic nitrogens is 3. The molecule has 0 radical (unpaired) electrons. The maximum absolute atomic E-state index is 14.0. The molecule has 6 N–H and O–H groups in total. The van der Waals surface area contributed by atoms with Crippen LogP contribution in [-0.4, -0.2) is 57.1 Å². The molecule has 4 rings (SSSR count). The van der Waals surface area contributed by atoms with E-state index in [-0.39, 0.29) is 29.6 Å². The Morgan fingerprint density at radius 3 is 2.67 bits per heavy atom. The zero-order valence-corrected chi connectivity index (χ0v) is 22.9. The summed E-state index contributed by atoms with van der Waals surface area (Å²) in [5.41, 5.74) is 11.1. The van der Waals surface area contributed by atoms with Crippen LogP contribution in [-0.2, 0) is 29.0 Å². The van der Waals surface area contributed by atoms with Crippen LogP contribution in [0, 0.1) is 11.3 Å². The quantitative estimate of drug-likeness (QED) is 0.155. The molecule has 1 fully saturated rings. The lowest BCUT2D eigenvalue weighted by atomic mass is 9.92. The Morgan fingerprint density at radius 1 is 1.30 bits per heavy atom. The summed E-state index contributed by atoms with van der Waals surface area (Å²) in [6.45, 7) is 4.48. The van der Waals surface area contributed by atoms with Crippen LogP contribution in [0.25, 0.3) is 5.52 Å². The topological polar surface area (TPSA) is 209 Å². The van der Waals surface area contributed by atoms with E-state index in [4.69, 9.17) is 30.0 Å². The van der Waals surface area contributed by atoms with Crippen molar-refractivity contribution in [1.82, 2.24) is 19.7 Å². The number of nitriles is 1. The van der Waals surface area contributed by atoms with Crippen molar-refractivity contribution in [2.45, 2.75) is 44.6 Å². The van der Waals surface area contributed by atoms with Gasteiger partial charge in [0.05, 0.1) is 24.9 Å². The van der Waals surface area contributed by atoms with Crippen LogP contribution in [0.3, 0.4) is 0 Å². The Kier molecular flexibility index (Phi) is 8.43. The molecular formula is C25H30N7O7P. The Hall–Kier alpha value is -3.99. The van der Waals surface area contributed by atoms with Crippen molar-refractivity contribution in [3.05, 3.63) is 65.8 Å². The summed E-state index contributed by atoms with van der Waals surface area (Å²) >= 11 is 0. The number of nitrogen functional groups attached to an aromatic ring is 1. The first-order valence-electron chi connectivity index (χ1n) is 12.3. The Morgan fingerprint density at radius 2 is 2.02 bits per heavy atom. The smallest absolute Gasteiger partial charge is 0.461 e. The minimum Gasteiger partial charge on any atom is -0.461 e. The van der Waals surface area contributed by atoms with E-state index in [0.717, 1.165) is 0 Å². The first-order chi connectivity index (χ1) is 19.0. The number of nitrogens with zero attached hydrogens (tertiary/aromatic N) is 4. The second-order valence-corrected chi connectivity index (χ2v) is 10.8. The molecule has 0 aliphatic carbocycles. The maximum atomic E-state index is 14.0. The Bertz CT molecular complexity index is 1500.